The molecule has 0 saturated carbocycles. The van der Waals surface area contributed by atoms with E-state index in [1.807, 2.05) is 60.9 Å². The number of rotatable bonds is 3. The van der Waals surface area contributed by atoms with Crippen LogP contribution in [0.3, 0.4) is 0 Å². The van der Waals surface area contributed by atoms with Crippen LogP contribution in [0, 0.1) is 13.8 Å². The van der Waals surface area contributed by atoms with Crippen molar-refractivity contribution in [1.29, 1.82) is 0 Å². The lowest BCUT2D eigenvalue weighted by atomic mass is 10.0. The molecule has 7 nitrogen and oxygen atoms in total. The molecule has 1 aromatic heterocycles. The first-order chi connectivity index (χ1) is 14.8. The van der Waals surface area contributed by atoms with Crippen LogP contribution in [0.1, 0.15) is 42.9 Å². The number of hydrogen-bond donors (Lipinski definition) is 0. The highest BCUT2D eigenvalue weighted by Crippen LogP contribution is 2.33. The Balaban J connectivity index is 1.60. The molecule has 1 unspecified atom stereocenters. The summed E-state index contributed by atoms with van der Waals surface area (Å²) >= 11 is 0. The van der Waals surface area contributed by atoms with Crippen molar-refractivity contribution in [3.63, 3.8) is 0 Å². The van der Waals surface area contributed by atoms with E-state index in [1.54, 1.807) is 7.05 Å². The van der Waals surface area contributed by atoms with Gasteiger partial charge in [-0.15, -0.1) is 0 Å². The molecule has 158 valence electrons. The van der Waals surface area contributed by atoms with Gasteiger partial charge in [0.2, 0.25) is 11.9 Å². The van der Waals surface area contributed by atoms with Crippen molar-refractivity contribution in [2.24, 2.45) is 4.99 Å². The number of aromatic nitrogens is 2. The fourth-order valence-electron chi connectivity index (χ4n) is 4.83. The Morgan fingerprint density at radius 3 is 2.52 bits per heavy atom. The van der Waals surface area contributed by atoms with Crippen LogP contribution >= 0.6 is 0 Å². The number of imidazole rings is 1. The second kappa shape index (κ2) is 6.77. The number of urea groups is 1. The Hall–Kier alpha value is -3.48. The largest absolute Gasteiger partial charge is 0.402 e. The maximum atomic E-state index is 13.7. The summed E-state index contributed by atoms with van der Waals surface area (Å²) in [6.07, 6.45) is 0. The zero-order valence-electron chi connectivity index (χ0n) is 18.5. The predicted octanol–water partition coefficient (Wildman–Crippen LogP) is 3.81. The van der Waals surface area contributed by atoms with Gasteiger partial charge in [-0.1, -0.05) is 47.5 Å². The van der Waals surface area contributed by atoms with Crippen molar-refractivity contribution in [3.8, 4) is 0 Å². The van der Waals surface area contributed by atoms with Crippen LogP contribution in [0.5, 0.6) is 0 Å². The summed E-state index contributed by atoms with van der Waals surface area (Å²) in [5.74, 6) is 0.990. The Morgan fingerprint density at radius 1 is 1.06 bits per heavy atom. The topological polar surface area (TPSA) is 61.8 Å². The minimum absolute atomic E-state index is 0.197. The van der Waals surface area contributed by atoms with Crippen LogP contribution in [0.15, 0.2) is 47.5 Å². The molecule has 3 amide bonds. The monoisotopic (exact) mass is 416 g/mol. The molecule has 0 N–H and O–H groups in total. The number of aliphatic imine (C=N–C) groups is 1. The fourth-order valence-corrected chi connectivity index (χ4v) is 4.83. The van der Waals surface area contributed by atoms with E-state index in [2.05, 4.69) is 18.4 Å². The molecular formula is C24H26N5O2+. The fraction of sp³-hybridized carbons (Fsp3) is 0.333. The van der Waals surface area contributed by atoms with Crippen molar-refractivity contribution >= 4 is 34.5 Å². The van der Waals surface area contributed by atoms with Gasteiger partial charge in [-0.25, -0.2) is 13.9 Å². The first-order valence-corrected chi connectivity index (χ1v) is 10.6. The van der Waals surface area contributed by atoms with Crippen LogP contribution in [0.2, 0.25) is 0 Å². The number of nitrogens with zero attached hydrogens (tertiary/aromatic N) is 5. The number of fused-ring (bicyclic) bond motifs is 4. The van der Waals surface area contributed by atoms with Crippen LogP contribution in [-0.4, -0.2) is 39.2 Å². The number of carbonyl (C=O) groups is 2. The molecule has 2 aliphatic rings. The first kappa shape index (κ1) is 19.5. The van der Waals surface area contributed by atoms with E-state index in [-0.39, 0.29) is 24.5 Å². The molecule has 1 saturated heterocycles. The molecule has 2 aliphatic heterocycles. The quantitative estimate of drug-likeness (QED) is 0.610. The van der Waals surface area contributed by atoms with Gasteiger partial charge < -0.3 is 0 Å². The Labute approximate surface area is 181 Å². The molecule has 1 atom stereocenters. The summed E-state index contributed by atoms with van der Waals surface area (Å²) in [6.45, 7) is 8.48. The van der Waals surface area contributed by atoms with Crippen molar-refractivity contribution in [1.82, 2.24) is 14.4 Å². The second-order valence-electron chi connectivity index (χ2n) is 8.58. The van der Waals surface area contributed by atoms with E-state index in [0.717, 1.165) is 33.7 Å². The number of amides is 3. The Kier molecular flexibility index (Phi) is 4.25. The highest BCUT2D eigenvalue weighted by Gasteiger charge is 2.54. The summed E-state index contributed by atoms with van der Waals surface area (Å²) < 4.78 is 4.10. The van der Waals surface area contributed by atoms with E-state index in [4.69, 9.17) is 4.99 Å². The standard InChI is InChI=1S/C24H26N5O2/c1-14(2)28-15(3)16(4)29-20-21(25-23(28)29)26(5)24(31)27(22(20)30)13-18-11-8-10-17-9-6-7-12-19(17)18/h6-12,14,20H,13H2,1-5H3/q+1. The van der Waals surface area contributed by atoms with Crippen LogP contribution in [-0.2, 0) is 11.3 Å². The van der Waals surface area contributed by atoms with Crippen LogP contribution < -0.4 is 4.57 Å². The zero-order valence-corrected chi connectivity index (χ0v) is 18.5. The number of hydrogen-bond acceptors (Lipinski definition) is 3. The lowest BCUT2D eigenvalue weighted by Gasteiger charge is -2.33. The van der Waals surface area contributed by atoms with Gasteiger partial charge in [-0.3, -0.25) is 14.6 Å². The molecule has 7 heteroatoms. The molecule has 3 aromatic rings. The molecule has 5 rings (SSSR count). The average Bonchev–Trinajstić information content (AvgIpc) is 3.25. The molecule has 0 bridgehead atoms. The zero-order chi connectivity index (χ0) is 22.0. The van der Waals surface area contributed by atoms with Gasteiger partial charge in [-0.05, 0) is 44.0 Å². The first-order valence-electron chi connectivity index (χ1n) is 10.6. The van der Waals surface area contributed by atoms with Crippen LogP contribution in [0.4, 0.5) is 10.7 Å². The maximum absolute atomic E-state index is 13.7. The number of imide groups is 1. The third kappa shape index (κ3) is 2.65. The lowest BCUT2D eigenvalue weighted by Crippen LogP contribution is -2.63. The van der Waals surface area contributed by atoms with E-state index in [0.29, 0.717) is 5.84 Å². The molecule has 3 heterocycles. The van der Waals surface area contributed by atoms with Gasteiger partial charge in [0, 0.05) is 7.05 Å². The number of benzene rings is 2. The number of amidine groups is 1. The summed E-state index contributed by atoms with van der Waals surface area (Å²) in [5, 5.41) is 2.14. The molecule has 0 aliphatic carbocycles. The SMILES string of the molecule is Cc1c(C)[n+]2c(n1C(C)C)N=C1C2C(=O)N(Cc2cccc3ccccc23)C(=O)N1C. The number of likely N-dealkylation sites (N-methyl/N-ethyl adjacent to an activating group) is 1. The van der Waals surface area contributed by atoms with Gasteiger partial charge in [0.05, 0.1) is 12.6 Å². The van der Waals surface area contributed by atoms with Crippen LogP contribution in [0.25, 0.3) is 10.8 Å². The molecule has 0 spiro atoms. The summed E-state index contributed by atoms with van der Waals surface area (Å²) in [5.41, 5.74) is 3.03. The van der Waals surface area contributed by atoms with E-state index in [1.165, 1.54) is 9.80 Å². The van der Waals surface area contributed by atoms with Crippen molar-refractivity contribution in [2.45, 2.75) is 46.3 Å². The smallest absolute Gasteiger partial charge is 0.270 e. The molecular weight excluding hydrogens is 390 g/mol. The van der Waals surface area contributed by atoms with Gasteiger partial charge in [0.15, 0.2) is 0 Å². The summed E-state index contributed by atoms with van der Waals surface area (Å²) in [4.78, 5) is 34.5. The average molecular weight is 417 g/mol. The van der Waals surface area contributed by atoms with Gasteiger partial charge in [0.1, 0.15) is 11.4 Å². The van der Waals surface area contributed by atoms with Gasteiger partial charge in [0.25, 0.3) is 5.91 Å². The van der Waals surface area contributed by atoms with Gasteiger partial charge >= 0.3 is 12.0 Å². The molecule has 31 heavy (non-hydrogen) atoms. The molecule has 2 aromatic carbocycles. The minimum Gasteiger partial charge on any atom is -0.270 e. The Bertz CT molecular complexity index is 1280. The normalized spacial score (nSPS) is 18.1. The lowest BCUT2D eigenvalue weighted by molar-refractivity contribution is -0.683. The Morgan fingerprint density at radius 2 is 1.77 bits per heavy atom. The van der Waals surface area contributed by atoms with Crippen molar-refractivity contribution < 1.29 is 14.2 Å². The number of carbonyl (C=O) groups excluding carboxylic acids is 2. The second-order valence-corrected chi connectivity index (χ2v) is 8.58. The summed E-state index contributed by atoms with van der Waals surface area (Å²) in [7, 11) is 1.70. The van der Waals surface area contributed by atoms with E-state index >= 15 is 0 Å². The predicted molar refractivity (Wildman–Crippen MR) is 118 cm³/mol. The molecule has 1 fully saturated rings. The van der Waals surface area contributed by atoms with E-state index in [9.17, 15) is 9.59 Å². The van der Waals surface area contributed by atoms with Gasteiger partial charge in [-0.2, -0.15) is 0 Å². The molecule has 0 radical (unpaired) electrons. The highest BCUT2D eigenvalue weighted by atomic mass is 16.2. The maximum Gasteiger partial charge on any atom is 0.402 e. The van der Waals surface area contributed by atoms with Crippen molar-refractivity contribution in [3.05, 3.63) is 59.4 Å². The summed E-state index contributed by atoms with van der Waals surface area (Å²) in [6, 6.07) is 13.2. The third-order valence-corrected chi connectivity index (χ3v) is 6.48. The third-order valence-electron chi connectivity index (χ3n) is 6.48. The minimum atomic E-state index is -0.619. The van der Waals surface area contributed by atoms with E-state index < -0.39 is 6.04 Å². The van der Waals surface area contributed by atoms with Crippen molar-refractivity contribution in [2.75, 3.05) is 7.05 Å². The highest BCUT2D eigenvalue weighted by molar-refractivity contribution is 6.19.